The molecule has 2 N–H and O–H groups in total. The molecule has 7 nitrogen and oxygen atoms in total. The average Bonchev–Trinajstić information content (AvgIpc) is 2.78. The van der Waals surface area contributed by atoms with Crippen molar-refractivity contribution >= 4 is 11.7 Å². The monoisotopic (exact) mass is 392 g/mol. The maximum atomic E-state index is 12.3. The Labute approximate surface area is 170 Å². The Bertz CT molecular complexity index is 945. The molecule has 0 fully saturated rings. The normalized spacial score (nSPS) is 10.3. The number of benzene rings is 2. The fraction of sp³-hybridized carbons (Fsp3) is 0.227. The molecule has 1 heterocycles. The molecule has 0 spiro atoms. The molecule has 3 rings (SSSR count). The topological polar surface area (TPSA) is 85.4 Å². The Balaban J connectivity index is 1.51. The van der Waals surface area contributed by atoms with Gasteiger partial charge in [-0.3, -0.25) is 4.79 Å². The van der Waals surface area contributed by atoms with Gasteiger partial charge in [0.25, 0.3) is 5.91 Å². The smallest absolute Gasteiger partial charge is 0.271 e. The average molecular weight is 392 g/mol. The van der Waals surface area contributed by atoms with Gasteiger partial charge in [-0.05, 0) is 24.1 Å². The molecular formula is C22H24N4O3. The molecule has 2 aromatic carbocycles. The van der Waals surface area contributed by atoms with E-state index in [1.54, 1.807) is 20.4 Å². The molecule has 3 aromatic rings. The molecular weight excluding hydrogens is 368 g/mol. The van der Waals surface area contributed by atoms with Gasteiger partial charge >= 0.3 is 0 Å². The predicted molar refractivity (Wildman–Crippen MR) is 111 cm³/mol. The first-order chi connectivity index (χ1) is 14.2. The summed E-state index contributed by atoms with van der Waals surface area (Å²) in [5.41, 5.74) is 2.27. The summed E-state index contributed by atoms with van der Waals surface area (Å²) in [7, 11) is 3.26. The van der Waals surface area contributed by atoms with E-state index in [-0.39, 0.29) is 11.6 Å². The van der Waals surface area contributed by atoms with Crippen molar-refractivity contribution in [1.29, 1.82) is 0 Å². The highest BCUT2D eigenvalue weighted by atomic mass is 16.5. The lowest BCUT2D eigenvalue weighted by Gasteiger charge is -2.10. The first-order valence-corrected chi connectivity index (χ1v) is 9.29. The minimum atomic E-state index is -0.288. The zero-order valence-electron chi connectivity index (χ0n) is 16.5. The van der Waals surface area contributed by atoms with Crippen LogP contribution in [-0.2, 0) is 13.0 Å². The van der Waals surface area contributed by atoms with Crippen LogP contribution in [0.25, 0.3) is 0 Å². The van der Waals surface area contributed by atoms with Crippen LogP contribution in [0.15, 0.2) is 60.9 Å². The predicted octanol–water partition coefficient (Wildman–Crippen LogP) is 3.08. The lowest BCUT2D eigenvalue weighted by Crippen LogP contribution is -2.24. The molecule has 0 unspecified atom stereocenters. The summed E-state index contributed by atoms with van der Waals surface area (Å²) in [5, 5.41) is 6.04. The van der Waals surface area contributed by atoms with Gasteiger partial charge in [0.05, 0.1) is 26.6 Å². The molecule has 1 aromatic heterocycles. The van der Waals surface area contributed by atoms with Gasteiger partial charge in [0.2, 0.25) is 0 Å². The van der Waals surface area contributed by atoms with Crippen LogP contribution >= 0.6 is 0 Å². The zero-order chi connectivity index (χ0) is 20.5. The molecule has 0 radical (unpaired) electrons. The van der Waals surface area contributed by atoms with E-state index in [0.717, 1.165) is 29.0 Å². The summed E-state index contributed by atoms with van der Waals surface area (Å²) < 4.78 is 10.6. The SMILES string of the molecule is COc1ccccc1CCNc1cnc(C(=O)NCc2ccccc2OC)cn1. The van der Waals surface area contributed by atoms with Gasteiger partial charge in [-0.1, -0.05) is 36.4 Å². The van der Waals surface area contributed by atoms with E-state index in [0.29, 0.717) is 18.9 Å². The van der Waals surface area contributed by atoms with Crippen molar-refractivity contribution < 1.29 is 14.3 Å². The summed E-state index contributed by atoms with van der Waals surface area (Å²) >= 11 is 0. The Hall–Kier alpha value is -3.61. The quantitative estimate of drug-likeness (QED) is 0.582. The third kappa shape index (κ3) is 5.44. The molecule has 150 valence electrons. The van der Waals surface area contributed by atoms with E-state index in [1.807, 2.05) is 48.5 Å². The number of rotatable bonds is 9. The zero-order valence-corrected chi connectivity index (χ0v) is 16.5. The van der Waals surface area contributed by atoms with Crippen molar-refractivity contribution in [2.45, 2.75) is 13.0 Å². The number of nitrogens with zero attached hydrogens (tertiary/aromatic N) is 2. The van der Waals surface area contributed by atoms with Gasteiger partial charge in [0, 0.05) is 18.7 Å². The Kier molecular flexibility index (Phi) is 7.00. The lowest BCUT2D eigenvalue weighted by atomic mass is 10.1. The fourth-order valence-electron chi connectivity index (χ4n) is 2.89. The van der Waals surface area contributed by atoms with Crippen molar-refractivity contribution in [3.63, 3.8) is 0 Å². The number of hydrogen-bond donors (Lipinski definition) is 2. The van der Waals surface area contributed by atoms with E-state index >= 15 is 0 Å². The maximum absolute atomic E-state index is 12.3. The minimum absolute atomic E-state index is 0.259. The van der Waals surface area contributed by atoms with E-state index in [1.165, 1.54) is 6.20 Å². The van der Waals surface area contributed by atoms with Crippen LogP contribution < -0.4 is 20.1 Å². The number of amides is 1. The molecule has 0 atom stereocenters. The Morgan fingerprint density at radius 1 is 0.897 bits per heavy atom. The van der Waals surface area contributed by atoms with Gasteiger partial charge in [-0.15, -0.1) is 0 Å². The molecule has 0 aliphatic heterocycles. The molecule has 0 bridgehead atoms. The number of methoxy groups -OCH3 is 2. The van der Waals surface area contributed by atoms with Crippen molar-refractivity contribution in [2.24, 2.45) is 0 Å². The fourth-order valence-corrected chi connectivity index (χ4v) is 2.89. The van der Waals surface area contributed by atoms with Crippen LogP contribution in [0.5, 0.6) is 11.5 Å². The van der Waals surface area contributed by atoms with Crippen molar-refractivity contribution in [3.05, 3.63) is 77.7 Å². The van der Waals surface area contributed by atoms with Crippen LogP contribution in [0, 0.1) is 0 Å². The molecule has 1 amide bonds. The highest BCUT2D eigenvalue weighted by Gasteiger charge is 2.10. The highest BCUT2D eigenvalue weighted by Crippen LogP contribution is 2.18. The molecule has 0 saturated heterocycles. The van der Waals surface area contributed by atoms with Gasteiger partial charge < -0.3 is 20.1 Å². The maximum Gasteiger partial charge on any atom is 0.271 e. The molecule has 29 heavy (non-hydrogen) atoms. The first kappa shape index (κ1) is 20.1. The van der Waals surface area contributed by atoms with Gasteiger partial charge in [-0.2, -0.15) is 0 Å². The van der Waals surface area contributed by atoms with Gasteiger partial charge in [0.15, 0.2) is 0 Å². The third-order valence-corrected chi connectivity index (χ3v) is 4.41. The van der Waals surface area contributed by atoms with Crippen LogP contribution in [-0.4, -0.2) is 36.6 Å². The second-order valence-corrected chi connectivity index (χ2v) is 6.27. The van der Waals surface area contributed by atoms with E-state index in [2.05, 4.69) is 20.6 Å². The number of para-hydroxylation sites is 2. The molecule has 0 aliphatic carbocycles. The Morgan fingerprint density at radius 3 is 2.21 bits per heavy atom. The highest BCUT2D eigenvalue weighted by molar-refractivity contribution is 5.92. The van der Waals surface area contributed by atoms with Crippen LogP contribution in [0.4, 0.5) is 5.82 Å². The van der Waals surface area contributed by atoms with Crippen molar-refractivity contribution in [3.8, 4) is 11.5 Å². The summed E-state index contributed by atoms with van der Waals surface area (Å²) in [6.07, 6.45) is 3.80. The third-order valence-electron chi connectivity index (χ3n) is 4.41. The second-order valence-electron chi connectivity index (χ2n) is 6.27. The largest absolute Gasteiger partial charge is 0.496 e. The van der Waals surface area contributed by atoms with Gasteiger partial charge in [0.1, 0.15) is 23.0 Å². The molecule has 7 heteroatoms. The lowest BCUT2D eigenvalue weighted by molar-refractivity contribution is 0.0945. The molecule has 0 saturated carbocycles. The summed E-state index contributed by atoms with van der Waals surface area (Å²) in [6.45, 7) is 1.03. The summed E-state index contributed by atoms with van der Waals surface area (Å²) in [4.78, 5) is 20.8. The second kappa shape index (κ2) is 10.1. The van der Waals surface area contributed by atoms with Crippen molar-refractivity contribution in [2.75, 3.05) is 26.1 Å². The number of ether oxygens (including phenoxy) is 2. The van der Waals surface area contributed by atoms with Crippen LogP contribution in [0.3, 0.4) is 0 Å². The van der Waals surface area contributed by atoms with E-state index < -0.39 is 0 Å². The van der Waals surface area contributed by atoms with Gasteiger partial charge in [-0.25, -0.2) is 9.97 Å². The van der Waals surface area contributed by atoms with E-state index in [9.17, 15) is 4.79 Å². The minimum Gasteiger partial charge on any atom is -0.496 e. The van der Waals surface area contributed by atoms with Crippen LogP contribution in [0.1, 0.15) is 21.6 Å². The number of aromatic nitrogens is 2. The first-order valence-electron chi connectivity index (χ1n) is 9.29. The van der Waals surface area contributed by atoms with Crippen LogP contribution in [0.2, 0.25) is 0 Å². The molecule has 0 aliphatic rings. The number of hydrogen-bond acceptors (Lipinski definition) is 6. The number of anilines is 1. The Morgan fingerprint density at radius 2 is 1.55 bits per heavy atom. The van der Waals surface area contributed by atoms with E-state index in [4.69, 9.17) is 9.47 Å². The summed E-state index contributed by atoms with van der Waals surface area (Å²) in [6, 6.07) is 15.4. The van der Waals surface area contributed by atoms with Crippen molar-refractivity contribution in [1.82, 2.24) is 15.3 Å². The number of carbonyl (C=O) groups excluding carboxylic acids is 1. The standard InChI is InChI=1S/C22H24N4O3/c1-28-19-9-5-3-7-16(19)11-12-23-21-15-24-18(14-25-21)22(27)26-13-17-8-4-6-10-20(17)29-2/h3-10,14-15H,11-13H2,1-2H3,(H,23,25)(H,26,27). The number of nitrogens with one attached hydrogen (secondary N) is 2. The number of carbonyl (C=O) groups is 1. The summed E-state index contributed by atoms with van der Waals surface area (Å²) in [5.74, 6) is 1.92.